The van der Waals surface area contributed by atoms with Gasteiger partial charge in [0.25, 0.3) is 0 Å². The van der Waals surface area contributed by atoms with E-state index in [4.69, 9.17) is 21.1 Å². The largest absolute Gasteiger partial charge is 0.497 e. The van der Waals surface area contributed by atoms with Crippen LogP contribution < -0.4 is 24.2 Å². The van der Waals surface area contributed by atoms with Crippen molar-refractivity contribution in [1.29, 1.82) is 0 Å². The molecule has 0 bridgehead atoms. The third-order valence-electron chi connectivity index (χ3n) is 6.73. The van der Waals surface area contributed by atoms with Crippen LogP contribution in [0.3, 0.4) is 0 Å². The van der Waals surface area contributed by atoms with E-state index in [0.717, 1.165) is 0 Å². The van der Waals surface area contributed by atoms with Crippen LogP contribution in [0.4, 0.5) is 0 Å². The Morgan fingerprint density at radius 1 is 1.07 bits per heavy atom. The van der Waals surface area contributed by atoms with Gasteiger partial charge in [-0.25, -0.2) is 8.42 Å². The lowest BCUT2D eigenvalue weighted by Gasteiger charge is -2.33. The fourth-order valence-electron chi connectivity index (χ4n) is 4.53. The number of nitrogens with one attached hydrogen (secondary N) is 3. The topological polar surface area (TPSA) is 163 Å². The zero-order valence-corrected chi connectivity index (χ0v) is 25.8. The molecule has 2 unspecified atom stereocenters. The summed E-state index contributed by atoms with van der Waals surface area (Å²) in [6.07, 6.45) is 1.07. The van der Waals surface area contributed by atoms with E-state index in [1.807, 2.05) is 18.2 Å². The summed E-state index contributed by atoms with van der Waals surface area (Å²) in [7, 11) is -5.87. The Balaban J connectivity index is 1.41. The average molecular weight is 652 g/mol. The second-order valence-electron chi connectivity index (χ2n) is 9.88. The first-order valence-corrected chi connectivity index (χ1v) is 16.9. The van der Waals surface area contributed by atoms with Gasteiger partial charge in [-0.3, -0.25) is 23.4 Å². The highest BCUT2D eigenvalue weighted by Gasteiger charge is 2.39. The van der Waals surface area contributed by atoms with Crippen molar-refractivity contribution in [1.82, 2.24) is 14.8 Å². The number of hydrogen-bond acceptors (Lipinski definition) is 8. The minimum Gasteiger partial charge on any atom is -0.497 e. The summed E-state index contributed by atoms with van der Waals surface area (Å²) in [6.45, 7) is 0.717. The molecule has 0 aromatic heterocycles. The van der Waals surface area contributed by atoms with E-state index in [9.17, 15) is 27.1 Å². The number of sulfonamides is 1. The van der Waals surface area contributed by atoms with Gasteiger partial charge in [0.15, 0.2) is 0 Å². The molecule has 4 rings (SSSR count). The number of rotatable bonds is 14. The summed E-state index contributed by atoms with van der Waals surface area (Å²) in [5.74, 6) is 0.341. The molecule has 14 heteroatoms. The molecule has 1 fully saturated rings. The molecule has 5 N–H and O–H groups in total. The Morgan fingerprint density at radius 2 is 1.81 bits per heavy atom. The van der Waals surface area contributed by atoms with Crippen molar-refractivity contribution < 1.29 is 36.6 Å². The molecule has 2 atom stereocenters. The van der Waals surface area contributed by atoms with Gasteiger partial charge in [-0.1, -0.05) is 48.0 Å². The molecule has 1 aliphatic rings. The molecule has 2 amide bonds. The number of unbranched alkanes of at least 4 members (excludes halogenated alkanes) is 1. The summed E-state index contributed by atoms with van der Waals surface area (Å²) in [5.41, 5.74) is 0.899. The van der Waals surface area contributed by atoms with Gasteiger partial charge in [0.1, 0.15) is 22.8 Å². The summed E-state index contributed by atoms with van der Waals surface area (Å²) >= 11 is 6.46. The first kappa shape index (κ1) is 32.6. The van der Waals surface area contributed by atoms with Crippen LogP contribution in [-0.2, 0) is 26.0 Å². The zero-order valence-electron chi connectivity index (χ0n) is 23.4. The maximum atomic E-state index is 13.2. The third-order valence-corrected chi connectivity index (χ3v) is 10.3. The zero-order chi connectivity index (χ0) is 31.0. The molecular weight excluding hydrogens is 618 g/mol. The van der Waals surface area contributed by atoms with Crippen molar-refractivity contribution in [3.63, 3.8) is 0 Å². The highest BCUT2D eigenvalue weighted by molar-refractivity contribution is 8.23. The predicted molar refractivity (Wildman–Crippen MR) is 165 cm³/mol. The van der Waals surface area contributed by atoms with Gasteiger partial charge in [0, 0.05) is 17.6 Å². The molecular formula is C29H34ClN3O8S2. The monoisotopic (exact) mass is 651 g/mol. The number of carbonyl (C=O) groups is 2. The van der Waals surface area contributed by atoms with Crippen LogP contribution in [0.25, 0.3) is 0 Å². The molecule has 0 spiro atoms. The molecule has 232 valence electrons. The van der Waals surface area contributed by atoms with Crippen molar-refractivity contribution in [2.45, 2.75) is 41.9 Å². The quantitative estimate of drug-likeness (QED) is 0.160. The van der Waals surface area contributed by atoms with E-state index >= 15 is 0 Å². The van der Waals surface area contributed by atoms with Crippen molar-refractivity contribution in [3.05, 3.63) is 88.9 Å². The van der Waals surface area contributed by atoms with Gasteiger partial charge < -0.3 is 14.8 Å². The molecule has 43 heavy (non-hydrogen) atoms. The van der Waals surface area contributed by atoms with E-state index in [-0.39, 0.29) is 22.8 Å². The van der Waals surface area contributed by atoms with Crippen molar-refractivity contribution in [3.8, 4) is 11.5 Å². The lowest BCUT2D eigenvalue weighted by molar-refractivity contribution is -0.122. The minimum atomic E-state index is -4.04. The third kappa shape index (κ3) is 8.85. The van der Waals surface area contributed by atoms with Crippen LogP contribution in [-0.4, -0.2) is 55.6 Å². The number of amides is 2. The second kappa shape index (κ2) is 14.4. The highest BCUT2D eigenvalue weighted by Crippen LogP contribution is 2.57. The van der Waals surface area contributed by atoms with Gasteiger partial charge in [-0.15, -0.1) is 10.8 Å². The number of hydrogen-bond donors (Lipinski definition) is 5. The fourth-order valence-corrected chi connectivity index (χ4v) is 7.65. The number of ether oxygens (including phenoxy) is 2. The van der Waals surface area contributed by atoms with Crippen LogP contribution in [0.15, 0.2) is 77.7 Å². The summed E-state index contributed by atoms with van der Waals surface area (Å²) in [6, 6.07) is 18.5. The number of halogens is 1. The van der Waals surface area contributed by atoms with Crippen LogP contribution in [0.1, 0.15) is 35.6 Å². The standard InChI is InChI=1S/C29H34ClN3O8S2/c1-40-21-8-7-9-22(18-21)41-15-6-5-14-31-29(35)26(32-42(36,37)23-10-3-2-4-11-23)17-20-12-13-24(25(30)16-20)27-19-28(34)33-43(27,38)39/h2-4,7-13,16,18,26-27,32,38-39H,5-6,14-15,17,19H2,1H3,(H,31,35)(H,33,34). The van der Waals surface area contributed by atoms with Crippen LogP contribution in [0.2, 0.25) is 5.02 Å². The van der Waals surface area contributed by atoms with Crippen LogP contribution in [0, 0.1) is 0 Å². The number of methoxy groups -OCH3 is 1. The molecule has 11 nitrogen and oxygen atoms in total. The Kier molecular flexibility index (Phi) is 10.9. The van der Waals surface area contributed by atoms with Gasteiger partial charge in [0.05, 0.1) is 25.0 Å². The summed E-state index contributed by atoms with van der Waals surface area (Å²) in [5, 5.41) is 2.05. The van der Waals surface area contributed by atoms with Crippen LogP contribution >= 0.6 is 22.4 Å². The lowest BCUT2D eigenvalue weighted by Crippen LogP contribution is -2.48. The Labute approximate surface area is 257 Å². The summed E-state index contributed by atoms with van der Waals surface area (Å²) in [4.78, 5) is 25.0. The Bertz CT molecular complexity index is 1540. The molecule has 1 saturated heterocycles. The maximum absolute atomic E-state index is 13.2. The first-order valence-electron chi connectivity index (χ1n) is 13.5. The van der Waals surface area contributed by atoms with E-state index < -0.39 is 43.9 Å². The minimum absolute atomic E-state index is 0.0134. The molecule has 3 aromatic carbocycles. The Morgan fingerprint density at radius 3 is 2.49 bits per heavy atom. The van der Waals surface area contributed by atoms with E-state index in [0.29, 0.717) is 48.6 Å². The molecule has 1 heterocycles. The first-order chi connectivity index (χ1) is 20.5. The molecule has 3 aromatic rings. The van der Waals surface area contributed by atoms with Crippen molar-refractivity contribution in [2.75, 3.05) is 20.3 Å². The SMILES string of the molecule is COc1cccc(OCCCCNC(=O)C(Cc2ccc(C3CC(=O)NS3(O)O)c(Cl)c2)NS(=O)(=O)c2ccccc2)c1. The lowest BCUT2D eigenvalue weighted by atomic mass is 10.0. The molecule has 0 aliphatic carbocycles. The smallest absolute Gasteiger partial charge is 0.241 e. The second-order valence-corrected chi connectivity index (χ2v) is 14.0. The Hall–Kier alpha value is -3.33. The predicted octanol–water partition coefficient (Wildman–Crippen LogP) is 4.44. The fraction of sp³-hybridized carbons (Fsp3) is 0.310. The number of benzene rings is 3. The van der Waals surface area contributed by atoms with E-state index in [1.54, 1.807) is 43.5 Å². The molecule has 0 saturated carbocycles. The van der Waals surface area contributed by atoms with Gasteiger partial charge in [-0.05, 0) is 60.7 Å². The van der Waals surface area contributed by atoms with Crippen LogP contribution in [0.5, 0.6) is 11.5 Å². The number of carbonyl (C=O) groups excluding carboxylic acids is 2. The average Bonchev–Trinajstić information content (AvgIpc) is 3.26. The molecule has 1 aliphatic heterocycles. The summed E-state index contributed by atoms with van der Waals surface area (Å²) < 4.78 is 62.3. The van der Waals surface area contributed by atoms with E-state index in [1.165, 1.54) is 18.2 Å². The maximum Gasteiger partial charge on any atom is 0.241 e. The van der Waals surface area contributed by atoms with Gasteiger partial charge in [0.2, 0.25) is 21.8 Å². The highest BCUT2D eigenvalue weighted by atomic mass is 35.5. The van der Waals surface area contributed by atoms with Crippen molar-refractivity contribution in [2.24, 2.45) is 0 Å². The van der Waals surface area contributed by atoms with Crippen molar-refractivity contribution >= 4 is 44.2 Å². The molecule has 0 radical (unpaired) electrons. The van der Waals surface area contributed by atoms with Gasteiger partial charge in [-0.2, -0.15) is 4.72 Å². The van der Waals surface area contributed by atoms with Gasteiger partial charge >= 0.3 is 0 Å². The van der Waals surface area contributed by atoms with E-state index in [2.05, 4.69) is 14.8 Å². The normalized spacial score (nSPS) is 17.5.